The van der Waals surface area contributed by atoms with E-state index in [2.05, 4.69) is 19.1 Å². The Balaban J connectivity index is 1.65. The van der Waals surface area contributed by atoms with E-state index in [1.807, 2.05) is 30.4 Å². The summed E-state index contributed by atoms with van der Waals surface area (Å²) < 4.78 is 11.0. The standard InChI is InChI=1S/C26H38O4/c1-2-3-4-5-6-7-13-20-29-25(27)23-18-11-12-19-24(23)26(28)30-21-14-17-22-15-9-8-10-16-22/h8-12,15-16,23-24H,2-7,13-14,17-21H2,1H3. The van der Waals surface area contributed by atoms with Crippen LogP contribution in [0.25, 0.3) is 0 Å². The third-order valence-corrected chi connectivity index (χ3v) is 5.73. The number of unbranched alkanes of at least 4 members (excludes halogenated alkanes) is 6. The van der Waals surface area contributed by atoms with E-state index in [4.69, 9.17) is 9.47 Å². The highest BCUT2D eigenvalue weighted by Gasteiger charge is 2.36. The van der Waals surface area contributed by atoms with Gasteiger partial charge < -0.3 is 9.47 Å². The number of allylic oxidation sites excluding steroid dienone is 2. The van der Waals surface area contributed by atoms with Crippen molar-refractivity contribution < 1.29 is 19.1 Å². The van der Waals surface area contributed by atoms with Crippen LogP contribution >= 0.6 is 0 Å². The Morgan fingerprint density at radius 3 is 1.90 bits per heavy atom. The molecule has 4 nitrogen and oxygen atoms in total. The topological polar surface area (TPSA) is 52.6 Å². The molecule has 2 rings (SSSR count). The summed E-state index contributed by atoms with van der Waals surface area (Å²) in [5, 5.41) is 0. The van der Waals surface area contributed by atoms with Gasteiger partial charge in [0.15, 0.2) is 0 Å². The van der Waals surface area contributed by atoms with Gasteiger partial charge >= 0.3 is 11.9 Å². The molecule has 0 aromatic heterocycles. The minimum absolute atomic E-state index is 0.253. The van der Waals surface area contributed by atoms with E-state index in [1.54, 1.807) is 0 Å². The average molecular weight is 415 g/mol. The molecule has 0 N–H and O–H groups in total. The van der Waals surface area contributed by atoms with Gasteiger partial charge in [0.25, 0.3) is 0 Å². The Morgan fingerprint density at radius 2 is 1.30 bits per heavy atom. The van der Waals surface area contributed by atoms with Gasteiger partial charge in [0.05, 0.1) is 25.0 Å². The van der Waals surface area contributed by atoms with Crippen molar-refractivity contribution in [3.05, 3.63) is 48.0 Å². The van der Waals surface area contributed by atoms with Crippen LogP contribution in [0.4, 0.5) is 0 Å². The van der Waals surface area contributed by atoms with Crippen molar-refractivity contribution in [3.8, 4) is 0 Å². The Hall–Kier alpha value is -2.10. The van der Waals surface area contributed by atoms with Crippen LogP contribution in [-0.4, -0.2) is 25.2 Å². The third kappa shape index (κ3) is 9.15. The lowest BCUT2D eigenvalue weighted by Gasteiger charge is -2.25. The zero-order valence-electron chi connectivity index (χ0n) is 18.5. The molecule has 0 saturated carbocycles. The summed E-state index contributed by atoms with van der Waals surface area (Å²) in [6.07, 6.45) is 15.0. The van der Waals surface area contributed by atoms with Gasteiger partial charge in [-0.15, -0.1) is 0 Å². The van der Waals surface area contributed by atoms with Crippen molar-refractivity contribution in [2.24, 2.45) is 11.8 Å². The van der Waals surface area contributed by atoms with Crippen LogP contribution < -0.4 is 0 Å². The highest BCUT2D eigenvalue weighted by molar-refractivity contribution is 5.82. The molecule has 0 aliphatic heterocycles. The van der Waals surface area contributed by atoms with Crippen molar-refractivity contribution in [3.63, 3.8) is 0 Å². The Labute approximate surface area is 182 Å². The van der Waals surface area contributed by atoms with Crippen molar-refractivity contribution in [2.45, 2.75) is 77.6 Å². The molecule has 166 valence electrons. The number of carbonyl (C=O) groups excluding carboxylic acids is 2. The molecule has 30 heavy (non-hydrogen) atoms. The molecule has 2 unspecified atom stereocenters. The van der Waals surface area contributed by atoms with Gasteiger partial charge in [0, 0.05) is 0 Å². The summed E-state index contributed by atoms with van der Waals surface area (Å²) in [4.78, 5) is 25.1. The number of rotatable bonds is 14. The second-order valence-electron chi connectivity index (χ2n) is 8.20. The van der Waals surface area contributed by atoms with Gasteiger partial charge in [-0.2, -0.15) is 0 Å². The first kappa shape index (κ1) is 24.2. The second-order valence-corrected chi connectivity index (χ2v) is 8.20. The first-order valence-electron chi connectivity index (χ1n) is 11.7. The number of esters is 2. The lowest BCUT2D eigenvalue weighted by atomic mass is 9.83. The zero-order valence-corrected chi connectivity index (χ0v) is 18.5. The van der Waals surface area contributed by atoms with Gasteiger partial charge in [0.1, 0.15) is 0 Å². The van der Waals surface area contributed by atoms with Gasteiger partial charge in [-0.05, 0) is 37.7 Å². The minimum Gasteiger partial charge on any atom is -0.465 e. The molecule has 1 aliphatic rings. The summed E-state index contributed by atoms with van der Waals surface area (Å²) in [6, 6.07) is 10.2. The summed E-state index contributed by atoms with van der Waals surface area (Å²) in [7, 11) is 0. The fraction of sp³-hybridized carbons (Fsp3) is 0.615. The van der Waals surface area contributed by atoms with E-state index in [-0.39, 0.29) is 11.9 Å². The molecule has 2 atom stereocenters. The van der Waals surface area contributed by atoms with Gasteiger partial charge in [-0.3, -0.25) is 9.59 Å². The van der Waals surface area contributed by atoms with Crippen LogP contribution in [0.2, 0.25) is 0 Å². The maximum Gasteiger partial charge on any atom is 0.310 e. The van der Waals surface area contributed by atoms with Gasteiger partial charge in [-0.25, -0.2) is 0 Å². The molecule has 0 amide bonds. The first-order chi connectivity index (χ1) is 14.7. The molecule has 0 radical (unpaired) electrons. The SMILES string of the molecule is CCCCCCCCCOC(=O)C1CC=CCC1C(=O)OCCCc1ccccc1. The third-order valence-electron chi connectivity index (χ3n) is 5.73. The van der Waals surface area contributed by atoms with E-state index in [0.29, 0.717) is 26.1 Å². The fourth-order valence-electron chi connectivity index (χ4n) is 3.87. The van der Waals surface area contributed by atoms with Crippen LogP contribution in [0.3, 0.4) is 0 Å². The van der Waals surface area contributed by atoms with Crippen molar-refractivity contribution >= 4 is 11.9 Å². The molecular weight excluding hydrogens is 376 g/mol. The molecule has 0 spiro atoms. The number of ether oxygens (including phenoxy) is 2. The molecule has 0 saturated heterocycles. The van der Waals surface area contributed by atoms with Crippen LogP contribution in [0, 0.1) is 11.8 Å². The van der Waals surface area contributed by atoms with Crippen molar-refractivity contribution in [2.75, 3.05) is 13.2 Å². The Kier molecular flexibility index (Phi) is 11.9. The molecule has 1 aromatic carbocycles. The monoisotopic (exact) mass is 414 g/mol. The summed E-state index contributed by atoms with van der Waals surface area (Å²) >= 11 is 0. The maximum atomic E-state index is 12.6. The van der Waals surface area contributed by atoms with Gasteiger partial charge in [-0.1, -0.05) is 87.9 Å². The van der Waals surface area contributed by atoms with E-state index in [1.165, 1.54) is 37.7 Å². The van der Waals surface area contributed by atoms with Crippen LogP contribution in [-0.2, 0) is 25.5 Å². The largest absolute Gasteiger partial charge is 0.465 e. The van der Waals surface area contributed by atoms with Crippen molar-refractivity contribution in [1.82, 2.24) is 0 Å². The normalized spacial score (nSPS) is 18.2. The predicted molar refractivity (Wildman–Crippen MR) is 120 cm³/mol. The first-order valence-corrected chi connectivity index (χ1v) is 11.7. The maximum absolute atomic E-state index is 12.6. The molecule has 0 heterocycles. The van der Waals surface area contributed by atoms with Crippen LogP contribution in [0.15, 0.2) is 42.5 Å². The van der Waals surface area contributed by atoms with E-state index in [0.717, 1.165) is 25.7 Å². The second kappa shape index (κ2) is 14.8. The molecule has 4 heteroatoms. The minimum atomic E-state index is -0.423. The predicted octanol–water partition coefficient (Wildman–Crippen LogP) is 6.04. The van der Waals surface area contributed by atoms with Crippen molar-refractivity contribution in [1.29, 1.82) is 0 Å². The summed E-state index contributed by atoms with van der Waals surface area (Å²) in [5.41, 5.74) is 1.24. The van der Waals surface area contributed by atoms with E-state index >= 15 is 0 Å². The van der Waals surface area contributed by atoms with Gasteiger partial charge in [0.2, 0.25) is 0 Å². The number of benzene rings is 1. The highest BCUT2D eigenvalue weighted by Crippen LogP contribution is 2.28. The number of hydrogen-bond acceptors (Lipinski definition) is 4. The molecule has 1 aromatic rings. The number of carbonyl (C=O) groups is 2. The van der Waals surface area contributed by atoms with Crippen LogP contribution in [0.1, 0.15) is 76.7 Å². The van der Waals surface area contributed by atoms with E-state index in [9.17, 15) is 9.59 Å². The van der Waals surface area contributed by atoms with Crippen LogP contribution in [0.5, 0.6) is 0 Å². The average Bonchev–Trinajstić information content (AvgIpc) is 2.79. The molecule has 0 bridgehead atoms. The quantitative estimate of drug-likeness (QED) is 0.212. The Bertz CT molecular complexity index is 638. The Morgan fingerprint density at radius 1 is 0.767 bits per heavy atom. The summed E-state index contributed by atoms with van der Waals surface area (Å²) in [6.45, 7) is 3.05. The number of aryl methyl sites for hydroxylation is 1. The van der Waals surface area contributed by atoms with E-state index < -0.39 is 11.8 Å². The number of hydrogen-bond donors (Lipinski definition) is 0. The molecular formula is C26H38O4. The lowest BCUT2D eigenvalue weighted by Crippen LogP contribution is -2.34. The lowest BCUT2D eigenvalue weighted by molar-refractivity contribution is -0.161. The summed E-state index contributed by atoms with van der Waals surface area (Å²) in [5.74, 6) is -1.36. The fourth-order valence-corrected chi connectivity index (χ4v) is 3.87. The molecule has 0 fully saturated rings. The molecule has 1 aliphatic carbocycles. The zero-order chi connectivity index (χ0) is 21.4. The highest BCUT2D eigenvalue weighted by atomic mass is 16.5. The smallest absolute Gasteiger partial charge is 0.310 e.